The number of phosphoric ester groups is 2. The monoisotopic (exact) mass is 1560 g/mol. The van der Waals surface area contributed by atoms with Gasteiger partial charge in [0, 0.05) is 25.7 Å². The van der Waals surface area contributed by atoms with E-state index in [1.807, 2.05) is 0 Å². The molecular weight excluding hydrogens is 1390 g/mol. The summed E-state index contributed by atoms with van der Waals surface area (Å²) in [6, 6.07) is 0. The van der Waals surface area contributed by atoms with Crippen molar-refractivity contribution in [1.82, 2.24) is 0 Å². The van der Waals surface area contributed by atoms with Crippen LogP contribution in [0.5, 0.6) is 0 Å². The molecule has 0 heterocycles. The van der Waals surface area contributed by atoms with Crippen molar-refractivity contribution in [3.63, 3.8) is 0 Å². The first kappa shape index (κ1) is 105. The van der Waals surface area contributed by atoms with Crippen molar-refractivity contribution >= 4 is 39.5 Å². The number of hydrogen-bond acceptors (Lipinski definition) is 15. The highest BCUT2D eigenvalue weighted by Crippen LogP contribution is 2.45. The minimum Gasteiger partial charge on any atom is -0.462 e. The van der Waals surface area contributed by atoms with Crippen molar-refractivity contribution in [3.05, 3.63) is 0 Å². The van der Waals surface area contributed by atoms with Gasteiger partial charge in [0.05, 0.1) is 26.4 Å². The molecule has 0 aliphatic carbocycles. The molecule has 3 N–H and O–H groups in total. The second kappa shape index (κ2) is 78.0. The van der Waals surface area contributed by atoms with Gasteiger partial charge in [-0.3, -0.25) is 37.3 Å². The van der Waals surface area contributed by atoms with E-state index in [-0.39, 0.29) is 25.7 Å². The third kappa shape index (κ3) is 80.5. The normalized spacial score (nSPS) is 14.1. The Bertz CT molecular complexity index is 2060. The molecule has 0 radical (unpaired) electrons. The van der Waals surface area contributed by atoms with Gasteiger partial charge in [0.2, 0.25) is 0 Å². The summed E-state index contributed by atoms with van der Waals surface area (Å²) < 4.78 is 68.9. The summed E-state index contributed by atoms with van der Waals surface area (Å²) >= 11 is 0. The van der Waals surface area contributed by atoms with Crippen LogP contribution >= 0.6 is 15.6 Å². The first-order chi connectivity index (χ1) is 51.8. The van der Waals surface area contributed by atoms with Crippen molar-refractivity contribution in [2.45, 2.75) is 484 Å². The SMILES string of the molecule is CCCCCCCCCCCCCCCCCCCCCCCCC(=O)O[C@H](COC(=O)CCCCCCCCCCCCCCCCC(C)CC)COP(=O)(O)OC[C@@H](O)COP(=O)(O)OC[C@@H](COC(=O)CCCCCCCCCC(C)C)OC(=O)CCCCCCCCCCCCCCCCC(C)C. The lowest BCUT2D eigenvalue weighted by molar-refractivity contribution is -0.161. The van der Waals surface area contributed by atoms with E-state index in [1.54, 1.807) is 0 Å². The average Bonchev–Trinajstić information content (AvgIpc) is 1.08. The number of esters is 4. The number of aliphatic hydroxyl groups is 1. The van der Waals surface area contributed by atoms with Gasteiger partial charge in [-0.2, -0.15) is 0 Å². The van der Waals surface area contributed by atoms with Gasteiger partial charge in [0.1, 0.15) is 19.3 Å². The van der Waals surface area contributed by atoms with Gasteiger partial charge in [-0.15, -0.1) is 0 Å². The van der Waals surface area contributed by atoms with E-state index in [0.717, 1.165) is 108 Å². The van der Waals surface area contributed by atoms with Crippen LogP contribution in [0, 0.1) is 17.8 Å². The van der Waals surface area contributed by atoms with Crippen LogP contribution in [0.3, 0.4) is 0 Å². The average molecular weight is 1560 g/mol. The van der Waals surface area contributed by atoms with Crippen molar-refractivity contribution in [1.29, 1.82) is 0 Å². The molecule has 0 aromatic heterocycles. The molecule has 0 amide bonds. The first-order valence-corrected chi connectivity index (χ1v) is 48.4. The molecule has 0 aromatic carbocycles. The topological polar surface area (TPSA) is 237 Å². The maximum atomic E-state index is 13.2. The fourth-order valence-electron chi connectivity index (χ4n) is 13.7. The fraction of sp³-hybridized carbons (Fsp3) is 0.955. The van der Waals surface area contributed by atoms with Gasteiger partial charge in [0.25, 0.3) is 0 Å². The Kier molecular flexibility index (Phi) is 76.6. The van der Waals surface area contributed by atoms with E-state index in [4.69, 9.17) is 37.0 Å². The summed E-state index contributed by atoms with van der Waals surface area (Å²) in [4.78, 5) is 73.3. The van der Waals surface area contributed by atoms with Gasteiger partial charge in [-0.1, -0.05) is 414 Å². The lowest BCUT2D eigenvalue weighted by Gasteiger charge is -2.21. The molecule has 0 saturated carbocycles. The molecular formula is C88H172O17P2. The quantitative estimate of drug-likeness (QED) is 0.0222. The molecule has 0 aliphatic heterocycles. The minimum absolute atomic E-state index is 0.107. The molecule has 0 bridgehead atoms. The van der Waals surface area contributed by atoms with Gasteiger partial charge < -0.3 is 33.8 Å². The maximum Gasteiger partial charge on any atom is 0.472 e. The molecule has 0 aromatic rings. The van der Waals surface area contributed by atoms with Crippen LogP contribution in [0.15, 0.2) is 0 Å². The zero-order valence-electron chi connectivity index (χ0n) is 70.6. The highest BCUT2D eigenvalue weighted by Gasteiger charge is 2.31. The van der Waals surface area contributed by atoms with E-state index in [2.05, 4.69) is 48.5 Å². The fourth-order valence-corrected chi connectivity index (χ4v) is 15.3. The van der Waals surface area contributed by atoms with Crippen molar-refractivity contribution in [2.75, 3.05) is 39.6 Å². The molecule has 19 heteroatoms. The summed E-state index contributed by atoms with van der Waals surface area (Å²) in [5.41, 5.74) is 0. The Labute approximate surface area is 658 Å². The van der Waals surface area contributed by atoms with E-state index in [0.29, 0.717) is 31.6 Å². The summed E-state index contributed by atoms with van der Waals surface area (Å²) in [6.07, 6.45) is 69.6. The summed E-state index contributed by atoms with van der Waals surface area (Å²) in [6.45, 7) is 12.0. The van der Waals surface area contributed by atoms with Crippen molar-refractivity contribution < 1.29 is 80.2 Å². The minimum atomic E-state index is -4.97. The predicted octanol–water partition coefficient (Wildman–Crippen LogP) is 26.9. The number of aliphatic hydroxyl groups excluding tert-OH is 1. The number of ether oxygens (including phenoxy) is 4. The zero-order valence-corrected chi connectivity index (χ0v) is 72.4. The second-order valence-corrected chi connectivity index (χ2v) is 35.7. The molecule has 0 saturated heterocycles. The van der Waals surface area contributed by atoms with Gasteiger partial charge in [-0.25, -0.2) is 9.13 Å². The van der Waals surface area contributed by atoms with E-state index in [9.17, 15) is 43.2 Å². The molecule has 17 nitrogen and oxygen atoms in total. The second-order valence-electron chi connectivity index (χ2n) is 32.8. The van der Waals surface area contributed by atoms with Crippen LogP contribution < -0.4 is 0 Å². The molecule has 0 fully saturated rings. The number of carbonyl (C=O) groups is 4. The number of carbonyl (C=O) groups excluding carboxylic acids is 4. The molecule has 6 atom stereocenters. The highest BCUT2D eigenvalue weighted by atomic mass is 31.2. The third-order valence-corrected chi connectivity index (χ3v) is 22.9. The molecule has 636 valence electrons. The van der Waals surface area contributed by atoms with Crippen molar-refractivity contribution in [3.8, 4) is 0 Å². The number of unbranched alkanes of at least 4 members (excludes halogenated alkanes) is 53. The Balaban J connectivity index is 5.22. The van der Waals surface area contributed by atoms with Crippen LogP contribution in [0.4, 0.5) is 0 Å². The Morgan fingerprint density at radius 1 is 0.271 bits per heavy atom. The van der Waals surface area contributed by atoms with E-state index < -0.39 is 97.5 Å². The van der Waals surface area contributed by atoms with Crippen LogP contribution in [-0.2, 0) is 65.4 Å². The summed E-state index contributed by atoms with van der Waals surface area (Å²) in [5.74, 6) is 0.246. The number of rotatable bonds is 86. The van der Waals surface area contributed by atoms with E-state index in [1.165, 1.54) is 270 Å². The molecule has 0 aliphatic rings. The van der Waals surface area contributed by atoms with Crippen LogP contribution in [0.1, 0.15) is 466 Å². The van der Waals surface area contributed by atoms with Crippen molar-refractivity contribution in [2.24, 2.45) is 17.8 Å². The van der Waals surface area contributed by atoms with Gasteiger partial charge in [-0.05, 0) is 43.4 Å². The first-order valence-electron chi connectivity index (χ1n) is 45.4. The predicted molar refractivity (Wildman–Crippen MR) is 441 cm³/mol. The Morgan fingerprint density at radius 2 is 0.477 bits per heavy atom. The van der Waals surface area contributed by atoms with Gasteiger partial charge >= 0.3 is 39.5 Å². The molecule has 107 heavy (non-hydrogen) atoms. The molecule has 0 spiro atoms. The zero-order chi connectivity index (χ0) is 78.6. The lowest BCUT2D eigenvalue weighted by Crippen LogP contribution is -2.30. The van der Waals surface area contributed by atoms with Crippen LogP contribution in [0.2, 0.25) is 0 Å². The smallest absolute Gasteiger partial charge is 0.462 e. The van der Waals surface area contributed by atoms with Crippen LogP contribution in [-0.4, -0.2) is 96.7 Å². The summed E-state index contributed by atoms with van der Waals surface area (Å²) in [5, 5.41) is 10.7. The van der Waals surface area contributed by atoms with Gasteiger partial charge in [0.15, 0.2) is 12.2 Å². The molecule has 0 rings (SSSR count). The Hall–Kier alpha value is -1.94. The van der Waals surface area contributed by atoms with Crippen LogP contribution in [0.25, 0.3) is 0 Å². The number of hydrogen-bond donors (Lipinski definition) is 3. The number of phosphoric acid groups is 2. The van der Waals surface area contributed by atoms with E-state index >= 15 is 0 Å². The standard InChI is InChI=1S/C88H172O17P2/c1-8-10-11-12-13-14-15-16-17-18-19-20-21-22-23-24-32-37-42-49-57-64-71-87(92)104-83(75-98-85(90)69-62-55-48-41-36-31-28-26-30-35-40-47-54-61-68-81(7)9-2)77-102-106(94,95)100-73-82(89)74-101-107(96,97)103-78-84(76-99-86(91)70-63-56-51-44-46-53-60-67-80(5)6)105-88(93)72-65-58-50-43-38-33-27-25-29-34-39-45-52-59-66-79(3)4/h79-84,89H,8-78H2,1-7H3,(H,94,95)(H,96,97)/t81?,82-,83-,84-/m1/s1. The maximum absolute atomic E-state index is 13.2. The molecule has 3 unspecified atom stereocenters. The lowest BCUT2D eigenvalue weighted by atomic mass is 9.99. The summed E-state index contributed by atoms with van der Waals surface area (Å²) in [7, 11) is -9.93. The third-order valence-electron chi connectivity index (χ3n) is 21.0. The highest BCUT2D eigenvalue weighted by molar-refractivity contribution is 7.47. The largest absolute Gasteiger partial charge is 0.472 e. The Morgan fingerprint density at radius 3 is 0.710 bits per heavy atom.